The van der Waals surface area contributed by atoms with Crippen LogP contribution in [0.5, 0.6) is 0 Å². The van der Waals surface area contributed by atoms with Crippen molar-refractivity contribution >= 4 is 24.1 Å². The normalized spacial score (nSPS) is 10.9. The Kier molecular flexibility index (Phi) is 3.49. The number of aliphatic imine (C=N–C) groups is 1. The molecule has 0 aliphatic heterocycles. The molecule has 17 heavy (non-hydrogen) atoms. The molecule has 0 saturated carbocycles. The number of H-pyrrole nitrogens is 1. The van der Waals surface area contributed by atoms with Crippen LogP contribution in [0.4, 0.5) is 5.69 Å². The first-order valence-electron chi connectivity index (χ1n) is 5.46. The van der Waals surface area contributed by atoms with E-state index in [-0.39, 0.29) is 0 Å². The fourth-order valence-electron chi connectivity index (χ4n) is 1.68. The van der Waals surface area contributed by atoms with Crippen molar-refractivity contribution in [2.45, 2.75) is 13.8 Å². The van der Waals surface area contributed by atoms with E-state index in [1.165, 1.54) is 0 Å². The highest BCUT2D eigenvalue weighted by Crippen LogP contribution is 2.12. The highest BCUT2D eigenvalue weighted by atomic mass is 32.1. The number of para-hydroxylation sites is 1. The number of rotatable bonds is 2. The van der Waals surface area contributed by atoms with Crippen LogP contribution in [-0.4, -0.2) is 11.2 Å². The zero-order chi connectivity index (χ0) is 12.3. The minimum absolute atomic E-state index is 0.738. The zero-order valence-electron chi connectivity index (χ0n) is 9.90. The Bertz CT molecular complexity index is 597. The number of nitrogens with zero attached hydrogens (tertiary/aromatic N) is 1. The van der Waals surface area contributed by atoms with Crippen molar-refractivity contribution in [3.63, 3.8) is 0 Å². The lowest BCUT2D eigenvalue weighted by Gasteiger charge is -2.02. The van der Waals surface area contributed by atoms with Gasteiger partial charge < -0.3 is 4.98 Å². The average molecular weight is 242 g/mol. The molecule has 1 N–H and O–H groups in total. The van der Waals surface area contributed by atoms with Crippen LogP contribution < -0.4 is 0 Å². The van der Waals surface area contributed by atoms with Gasteiger partial charge in [0, 0.05) is 17.5 Å². The molecule has 0 amide bonds. The van der Waals surface area contributed by atoms with Crippen molar-refractivity contribution in [3.05, 3.63) is 57.9 Å². The molecule has 1 aromatic carbocycles. The Labute approximate surface area is 106 Å². The monoisotopic (exact) mass is 242 g/mol. The molecule has 0 unspecified atom stereocenters. The van der Waals surface area contributed by atoms with Crippen molar-refractivity contribution < 1.29 is 0 Å². The van der Waals surface area contributed by atoms with E-state index in [0.29, 0.717) is 0 Å². The summed E-state index contributed by atoms with van der Waals surface area (Å²) >= 11 is 5.30. The topological polar surface area (TPSA) is 28.1 Å². The fourth-order valence-corrected chi connectivity index (χ4v) is 2.05. The summed E-state index contributed by atoms with van der Waals surface area (Å²) in [6.45, 7) is 4.05. The Morgan fingerprint density at radius 1 is 1.18 bits per heavy atom. The van der Waals surface area contributed by atoms with E-state index in [4.69, 9.17) is 12.2 Å². The second-order valence-electron chi connectivity index (χ2n) is 3.97. The van der Waals surface area contributed by atoms with Gasteiger partial charge in [-0.15, -0.1) is 0 Å². The molecule has 86 valence electrons. The van der Waals surface area contributed by atoms with Gasteiger partial charge in [-0.05, 0) is 37.6 Å². The van der Waals surface area contributed by atoms with Crippen molar-refractivity contribution in [1.82, 2.24) is 4.98 Å². The van der Waals surface area contributed by atoms with Gasteiger partial charge in [-0.1, -0.05) is 30.4 Å². The number of aromatic amines is 1. The van der Waals surface area contributed by atoms with Crippen LogP contribution in [0, 0.1) is 18.5 Å². The van der Waals surface area contributed by atoms with E-state index in [0.717, 1.165) is 27.1 Å². The van der Waals surface area contributed by atoms with E-state index in [1.54, 1.807) is 0 Å². The maximum atomic E-state index is 5.30. The van der Waals surface area contributed by atoms with Gasteiger partial charge in [0.2, 0.25) is 0 Å². The molecule has 0 radical (unpaired) electrons. The zero-order valence-corrected chi connectivity index (χ0v) is 10.7. The summed E-state index contributed by atoms with van der Waals surface area (Å²) in [7, 11) is 0. The number of hydrogen-bond donors (Lipinski definition) is 1. The van der Waals surface area contributed by atoms with Crippen molar-refractivity contribution in [2.24, 2.45) is 4.99 Å². The molecule has 2 aromatic rings. The number of aromatic nitrogens is 1. The van der Waals surface area contributed by atoms with Crippen LogP contribution in [0.2, 0.25) is 0 Å². The molecule has 1 aromatic heterocycles. The van der Waals surface area contributed by atoms with Crippen LogP contribution >= 0.6 is 12.2 Å². The lowest BCUT2D eigenvalue weighted by molar-refractivity contribution is 1.15. The number of hydrogen-bond acceptors (Lipinski definition) is 2. The molecule has 0 bridgehead atoms. The maximum Gasteiger partial charge on any atom is 0.112 e. The van der Waals surface area contributed by atoms with E-state index in [2.05, 4.69) is 16.0 Å². The first kappa shape index (κ1) is 11.7. The molecule has 0 aliphatic carbocycles. The summed E-state index contributed by atoms with van der Waals surface area (Å²) in [5.74, 6) is 0. The van der Waals surface area contributed by atoms with Crippen molar-refractivity contribution in [2.75, 3.05) is 0 Å². The van der Waals surface area contributed by atoms with Gasteiger partial charge in [-0.3, -0.25) is 4.99 Å². The minimum Gasteiger partial charge on any atom is -0.350 e. The lowest BCUT2D eigenvalue weighted by atomic mass is 10.1. The van der Waals surface area contributed by atoms with Crippen molar-refractivity contribution in [3.8, 4) is 0 Å². The third-order valence-electron chi connectivity index (χ3n) is 2.51. The molecular weight excluding hydrogens is 228 g/mol. The minimum atomic E-state index is 0.738. The molecule has 3 heteroatoms. The number of aryl methyl sites for hydroxylation is 2. The molecule has 0 saturated heterocycles. The van der Waals surface area contributed by atoms with E-state index < -0.39 is 0 Å². The van der Waals surface area contributed by atoms with Gasteiger partial charge in [0.1, 0.15) is 4.64 Å². The lowest BCUT2D eigenvalue weighted by Crippen LogP contribution is -1.93. The van der Waals surface area contributed by atoms with Gasteiger partial charge in [0.25, 0.3) is 0 Å². The van der Waals surface area contributed by atoms with Crippen LogP contribution in [0.25, 0.3) is 0 Å². The van der Waals surface area contributed by atoms with Crippen LogP contribution in [0.3, 0.4) is 0 Å². The average Bonchev–Trinajstić information content (AvgIpc) is 2.29. The van der Waals surface area contributed by atoms with E-state index in [1.807, 2.05) is 50.4 Å². The molecule has 2 rings (SSSR count). The summed E-state index contributed by atoms with van der Waals surface area (Å²) in [4.78, 5) is 7.56. The molecule has 0 atom stereocenters. The first-order valence-corrected chi connectivity index (χ1v) is 5.87. The highest BCUT2D eigenvalue weighted by molar-refractivity contribution is 7.71. The third kappa shape index (κ3) is 2.88. The van der Waals surface area contributed by atoms with Gasteiger partial charge in [-0.2, -0.15) is 0 Å². The van der Waals surface area contributed by atoms with Gasteiger partial charge in [0.05, 0.1) is 5.69 Å². The Hall–Kier alpha value is -1.74. The largest absolute Gasteiger partial charge is 0.350 e. The number of benzene rings is 1. The molecule has 0 aliphatic rings. The third-order valence-corrected chi connectivity index (χ3v) is 2.83. The standard InChI is InChI=1S/C14H14N2S/c1-10-8-11(2)16-14(17)13(10)9-15-12-6-4-3-5-7-12/h3-9H,1-2H3,(H,16,17). The van der Waals surface area contributed by atoms with Crippen molar-refractivity contribution in [1.29, 1.82) is 0 Å². The Morgan fingerprint density at radius 2 is 1.88 bits per heavy atom. The van der Waals surface area contributed by atoms with Crippen LogP contribution in [0.1, 0.15) is 16.8 Å². The second-order valence-corrected chi connectivity index (χ2v) is 4.38. The molecule has 0 fully saturated rings. The number of pyridine rings is 1. The quantitative estimate of drug-likeness (QED) is 0.623. The SMILES string of the molecule is Cc1cc(C)c(C=Nc2ccccc2)c(=S)[nH]1. The van der Waals surface area contributed by atoms with Gasteiger partial charge in [-0.25, -0.2) is 0 Å². The summed E-state index contributed by atoms with van der Waals surface area (Å²) < 4.78 is 0.738. The van der Waals surface area contributed by atoms with E-state index in [9.17, 15) is 0 Å². The maximum absolute atomic E-state index is 5.30. The Balaban J connectivity index is 2.37. The first-order chi connectivity index (χ1) is 8.16. The smallest absolute Gasteiger partial charge is 0.112 e. The van der Waals surface area contributed by atoms with Crippen LogP contribution in [-0.2, 0) is 0 Å². The summed E-state index contributed by atoms with van der Waals surface area (Å²) in [6, 6.07) is 11.9. The second kappa shape index (κ2) is 5.06. The number of nitrogens with one attached hydrogen (secondary N) is 1. The van der Waals surface area contributed by atoms with E-state index >= 15 is 0 Å². The fraction of sp³-hybridized carbons (Fsp3) is 0.143. The summed E-state index contributed by atoms with van der Waals surface area (Å²) in [6.07, 6.45) is 1.82. The molecule has 2 nitrogen and oxygen atoms in total. The molecule has 0 spiro atoms. The van der Waals surface area contributed by atoms with Crippen LogP contribution in [0.15, 0.2) is 41.4 Å². The summed E-state index contributed by atoms with van der Waals surface area (Å²) in [5.41, 5.74) is 4.13. The van der Waals surface area contributed by atoms with Gasteiger partial charge >= 0.3 is 0 Å². The highest BCUT2D eigenvalue weighted by Gasteiger charge is 1.98. The Morgan fingerprint density at radius 3 is 2.53 bits per heavy atom. The molecule has 1 heterocycles. The summed E-state index contributed by atoms with van der Waals surface area (Å²) in [5, 5.41) is 0. The predicted molar refractivity (Wildman–Crippen MR) is 74.8 cm³/mol. The van der Waals surface area contributed by atoms with Gasteiger partial charge in [0.15, 0.2) is 0 Å². The predicted octanol–water partition coefficient (Wildman–Crippen LogP) is 4.11. The molecular formula is C14H14N2S.